The number of furan rings is 1. The van der Waals surface area contributed by atoms with Gasteiger partial charge in [-0.25, -0.2) is 4.79 Å². The molecule has 1 fully saturated rings. The number of rotatable bonds is 4. The lowest BCUT2D eigenvalue weighted by Crippen LogP contribution is -2.46. The third kappa shape index (κ3) is 4.73. The van der Waals surface area contributed by atoms with E-state index in [0.717, 1.165) is 23.8 Å². The predicted octanol–water partition coefficient (Wildman–Crippen LogP) is 3.37. The quantitative estimate of drug-likeness (QED) is 0.712. The lowest BCUT2D eigenvalue weighted by Gasteiger charge is -2.33. The van der Waals surface area contributed by atoms with Gasteiger partial charge in [-0.2, -0.15) is 4.98 Å². The summed E-state index contributed by atoms with van der Waals surface area (Å²) in [4.78, 5) is 22.4. The first-order valence-electron chi connectivity index (χ1n) is 9.75. The first-order chi connectivity index (χ1) is 13.9. The Kier molecular flexibility index (Phi) is 5.23. The third-order valence-electron chi connectivity index (χ3n) is 4.69. The van der Waals surface area contributed by atoms with E-state index in [1.54, 1.807) is 23.4 Å². The van der Waals surface area contributed by atoms with E-state index in [-0.39, 0.29) is 12.1 Å². The van der Waals surface area contributed by atoms with Gasteiger partial charge < -0.3 is 23.9 Å². The fourth-order valence-electron chi connectivity index (χ4n) is 3.24. The number of hydrogen-bond donors (Lipinski definition) is 1. The summed E-state index contributed by atoms with van der Waals surface area (Å²) >= 11 is 0. The highest BCUT2D eigenvalue weighted by atomic mass is 16.6. The van der Waals surface area contributed by atoms with Gasteiger partial charge in [0.25, 0.3) is 5.89 Å². The molecule has 0 aromatic carbocycles. The van der Waals surface area contributed by atoms with Crippen LogP contribution >= 0.6 is 0 Å². The van der Waals surface area contributed by atoms with Crippen LogP contribution in [0, 0.1) is 0 Å². The molecule has 1 saturated heterocycles. The summed E-state index contributed by atoms with van der Waals surface area (Å²) in [6.45, 7) is 7.44. The average molecular weight is 399 g/mol. The van der Waals surface area contributed by atoms with E-state index >= 15 is 0 Å². The van der Waals surface area contributed by atoms with Gasteiger partial charge in [0.05, 0.1) is 6.54 Å². The summed E-state index contributed by atoms with van der Waals surface area (Å²) in [7, 11) is 0. The number of ether oxygens (including phenoxy) is 1. The molecule has 29 heavy (non-hydrogen) atoms. The third-order valence-corrected chi connectivity index (χ3v) is 4.69. The summed E-state index contributed by atoms with van der Waals surface area (Å²) in [5, 5.41) is 8.34. The van der Waals surface area contributed by atoms with Gasteiger partial charge in [0.15, 0.2) is 11.6 Å². The Morgan fingerprint density at radius 3 is 2.86 bits per heavy atom. The van der Waals surface area contributed by atoms with Gasteiger partial charge in [-0.15, -0.1) is 0 Å². The van der Waals surface area contributed by atoms with Crippen LogP contribution in [0.3, 0.4) is 0 Å². The van der Waals surface area contributed by atoms with E-state index in [4.69, 9.17) is 13.7 Å². The molecule has 0 radical (unpaired) electrons. The SMILES string of the molecule is CC(C)(C)OC(=O)N1CCC(NCc2noc(-c3cc4cnccc4o3)n2)CC1. The van der Waals surface area contributed by atoms with Crippen LogP contribution in [0.1, 0.15) is 39.4 Å². The summed E-state index contributed by atoms with van der Waals surface area (Å²) in [5.74, 6) is 1.43. The number of hydrogen-bond acceptors (Lipinski definition) is 8. The van der Waals surface area contributed by atoms with Gasteiger partial charge >= 0.3 is 6.09 Å². The summed E-state index contributed by atoms with van der Waals surface area (Å²) in [6, 6.07) is 3.91. The highest BCUT2D eigenvalue weighted by molar-refractivity contribution is 5.80. The van der Waals surface area contributed by atoms with E-state index in [0.29, 0.717) is 37.1 Å². The van der Waals surface area contributed by atoms with Gasteiger partial charge in [-0.3, -0.25) is 4.98 Å². The highest BCUT2D eigenvalue weighted by Crippen LogP contribution is 2.26. The van der Waals surface area contributed by atoms with E-state index in [2.05, 4.69) is 20.4 Å². The van der Waals surface area contributed by atoms with Crippen LogP contribution < -0.4 is 5.32 Å². The number of nitrogens with zero attached hydrogens (tertiary/aromatic N) is 4. The Balaban J connectivity index is 1.28. The molecule has 3 aromatic heterocycles. The number of pyridine rings is 1. The molecule has 0 atom stereocenters. The van der Waals surface area contributed by atoms with E-state index in [1.807, 2.05) is 26.8 Å². The second-order valence-electron chi connectivity index (χ2n) is 8.16. The molecule has 1 aliphatic rings. The van der Waals surface area contributed by atoms with Crippen LogP contribution in [0.15, 0.2) is 33.5 Å². The number of carbonyl (C=O) groups is 1. The molecule has 1 amide bonds. The lowest BCUT2D eigenvalue weighted by molar-refractivity contribution is 0.0198. The van der Waals surface area contributed by atoms with Gasteiger partial charge in [-0.1, -0.05) is 5.16 Å². The molecule has 4 rings (SSSR count). The number of nitrogens with one attached hydrogen (secondary N) is 1. The Hall–Kier alpha value is -2.94. The van der Waals surface area contributed by atoms with Gasteiger partial charge in [0.1, 0.15) is 11.2 Å². The molecule has 0 unspecified atom stereocenters. The number of carbonyl (C=O) groups excluding carboxylic acids is 1. The fourth-order valence-corrected chi connectivity index (χ4v) is 3.24. The van der Waals surface area contributed by atoms with Crippen molar-refractivity contribution >= 4 is 17.1 Å². The largest absolute Gasteiger partial charge is 0.451 e. The van der Waals surface area contributed by atoms with Gasteiger partial charge in [-0.05, 0) is 45.7 Å². The van der Waals surface area contributed by atoms with Crippen molar-refractivity contribution in [1.29, 1.82) is 0 Å². The smallest absolute Gasteiger partial charge is 0.410 e. The average Bonchev–Trinajstić information content (AvgIpc) is 3.32. The van der Waals surface area contributed by atoms with E-state index < -0.39 is 5.60 Å². The Labute approximate surface area is 168 Å². The van der Waals surface area contributed by atoms with Gasteiger partial charge in [0, 0.05) is 36.9 Å². The van der Waals surface area contributed by atoms with E-state index in [1.165, 1.54) is 0 Å². The van der Waals surface area contributed by atoms with Crippen molar-refractivity contribution in [3.05, 3.63) is 30.4 Å². The van der Waals surface area contributed by atoms with Crippen LogP contribution in [0.25, 0.3) is 22.6 Å². The molecule has 3 aromatic rings. The summed E-state index contributed by atoms with van der Waals surface area (Å²) in [5.41, 5.74) is 0.253. The van der Waals surface area contributed by atoms with Crippen LogP contribution in [-0.2, 0) is 11.3 Å². The second-order valence-corrected chi connectivity index (χ2v) is 8.16. The van der Waals surface area contributed by atoms with Crippen molar-refractivity contribution in [1.82, 2.24) is 25.3 Å². The molecule has 0 saturated carbocycles. The van der Waals surface area contributed by atoms with Crippen molar-refractivity contribution in [3.63, 3.8) is 0 Å². The topological polar surface area (TPSA) is 107 Å². The first-order valence-corrected chi connectivity index (χ1v) is 9.75. The number of piperidine rings is 1. The van der Waals surface area contributed by atoms with Crippen molar-refractivity contribution in [2.24, 2.45) is 0 Å². The molecule has 0 spiro atoms. The maximum atomic E-state index is 12.1. The molecule has 9 heteroatoms. The Bertz CT molecular complexity index is 949. The first kappa shape index (κ1) is 19.4. The molecular formula is C20H25N5O4. The van der Waals surface area contributed by atoms with Crippen molar-refractivity contribution < 1.29 is 18.5 Å². The van der Waals surface area contributed by atoms with Crippen LogP contribution in [0.5, 0.6) is 0 Å². The molecule has 1 aliphatic heterocycles. The molecule has 1 N–H and O–H groups in total. The predicted molar refractivity (Wildman–Crippen MR) is 105 cm³/mol. The molecule has 0 bridgehead atoms. The fraction of sp³-hybridized carbons (Fsp3) is 0.500. The van der Waals surface area contributed by atoms with Crippen molar-refractivity contribution in [2.45, 2.75) is 51.8 Å². The maximum Gasteiger partial charge on any atom is 0.410 e. The second kappa shape index (κ2) is 7.82. The van der Waals surface area contributed by atoms with E-state index in [9.17, 15) is 4.79 Å². The monoisotopic (exact) mass is 399 g/mol. The van der Waals surface area contributed by atoms with Crippen LogP contribution in [0.2, 0.25) is 0 Å². The minimum Gasteiger partial charge on any atom is -0.451 e. The molecule has 0 aliphatic carbocycles. The number of likely N-dealkylation sites (tertiary alicyclic amines) is 1. The Morgan fingerprint density at radius 2 is 2.14 bits per heavy atom. The zero-order valence-corrected chi connectivity index (χ0v) is 16.8. The molecule has 4 heterocycles. The molecule has 154 valence electrons. The van der Waals surface area contributed by atoms with Gasteiger partial charge in [0.2, 0.25) is 0 Å². The minimum absolute atomic E-state index is 0.250. The highest BCUT2D eigenvalue weighted by Gasteiger charge is 2.27. The van der Waals surface area contributed by atoms with Crippen molar-refractivity contribution in [3.8, 4) is 11.7 Å². The zero-order chi connectivity index (χ0) is 20.4. The summed E-state index contributed by atoms with van der Waals surface area (Å²) < 4.78 is 16.5. The van der Waals surface area contributed by atoms with Crippen LogP contribution in [-0.4, -0.2) is 50.9 Å². The normalized spacial score (nSPS) is 15.8. The summed E-state index contributed by atoms with van der Waals surface area (Å²) in [6.07, 6.45) is 4.85. The van der Waals surface area contributed by atoms with Crippen LogP contribution in [0.4, 0.5) is 4.79 Å². The Morgan fingerprint density at radius 1 is 1.34 bits per heavy atom. The standard InChI is InChI=1S/C20H25N5O4/c1-20(2,3)28-19(26)25-8-5-14(6-9-25)22-12-17-23-18(29-24-17)16-10-13-11-21-7-4-15(13)27-16/h4,7,10-11,14,22H,5-6,8-9,12H2,1-3H3. The maximum absolute atomic E-state index is 12.1. The lowest BCUT2D eigenvalue weighted by atomic mass is 10.1. The minimum atomic E-state index is -0.473. The molecule has 9 nitrogen and oxygen atoms in total. The zero-order valence-electron chi connectivity index (χ0n) is 16.8. The number of fused-ring (bicyclic) bond motifs is 1. The van der Waals surface area contributed by atoms with Crippen molar-refractivity contribution in [2.75, 3.05) is 13.1 Å². The number of aromatic nitrogens is 3. The number of amides is 1. The molecular weight excluding hydrogens is 374 g/mol.